The third-order valence-corrected chi connectivity index (χ3v) is 0. The van der Waals surface area contributed by atoms with Gasteiger partial charge in [0.05, 0.1) is 0 Å². The standard InChI is InChI=1S/8CO.Co/c8*1-2;. The van der Waals surface area contributed by atoms with Crippen molar-refractivity contribution in [1.29, 1.82) is 0 Å². The van der Waals surface area contributed by atoms with Crippen LogP contribution in [0.25, 0.3) is 0 Å². The zero-order chi connectivity index (χ0) is 16.0. The SMILES string of the molecule is [C]=O.[C]=O.[C]=O.[C]=O.[C]=O.[C]=O.[C]=O.[C]=O.[Co]. The molecular formula is C8CoO8. The van der Waals surface area contributed by atoms with Gasteiger partial charge in [0, 0.05) is 16.8 Å². The van der Waals surface area contributed by atoms with Crippen LogP contribution in [0.5, 0.6) is 0 Å². The normalized spacial score (nSPS) is 1.88. The van der Waals surface area contributed by atoms with Gasteiger partial charge in [0.1, 0.15) is 0 Å². The van der Waals surface area contributed by atoms with Crippen molar-refractivity contribution in [2.45, 2.75) is 0 Å². The predicted molar refractivity (Wildman–Crippen MR) is 45.5 cm³/mol. The molecule has 0 unspecified atom stereocenters. The molecule has 0 spiro atoms. The summed E-state index contributed by atoms with van der Waals surface area (Å²) in [5, 5.41) is 0. The first-order valence-electron chi connectivity index (χ1n) is 1.63. The van der Waals surface area contributed by atoms with E-state index in [9.17, 15) is 0 Å². The second-order valence-electron chi connectivity index (χ2n) is 0. The molecule has 0 saturated heterocycles. The first-order chi connectivity index (χ1) is 8.00. The molecule has 0 aliphatic carbocycles. The fourth-order valence-corrected chi connectivity index (χ4v) is 0. The van der Waals surface area contributed by atoms with Crippen LogP contribution >= 0.6 is 0 Å². The van der Waals surface area contributed by atoms with Crippen molar-refractivity contribution in [3.05, 3.63) is 0 Å². The van der Waals surface area contributed by atoms with Gasteiger partial charge >= 0.3 is 0 Å². The molecule has 89 valence electrons. The van der Waals surface area contributed by atoms with E-state index in [1.165, 1.54) is 0 Å². The molecule has 17 heavy (non-hydrogen) atoms. The molecular weight excluding hydrogens is 283 g/mol. The molecule has 0 aromatic heterocycles. The smallest absolute Gasteiger partial charge is 0.281 e. The maximum absolute atomic E-state index is 7.50. The Morgan fingerprint density at radius 3 is 0.235 bits per heavy atom. The van der Waals surface area contributed by atoms with Crippen LogP contribution in [0.4, 0.5) is 0 Å². The van der Waals surface area contributed by atoms with E-state index in [0.29, 0.717) is 0 Å². The Labute approximate surface area is 110 Å². The van der Waals surface area contributed by atoms with E-state index in [-0.39, 0.29) is 16.8 Å². The number of hydrogen-bond acceptors (Lipinski definition) is 8. The molecule has 0 amide bonds. The maximum Gasteiger partial charge on any atom is 0.281 e. The van der Waals surface area contributed by atoms with Gasteiger partial charge in [0.25, 0.3) is 54.3 Å². The van der Waals surface area contributed by atoms with E-state index in [1.54, 1.807) is 0 Å². The molecule has 0 fully saturated rings. The van der Waals surface area contributed by atoms with Crippen LogP contribution in [-0.2, 0) is 55.1 Å². The fourth-order valence-electron chi connectivity index (χ4n) is 0. The summed E-state index contributed by atoms with van der Waals surface area (Å²) in [5.41, 5.74) is 0. The molecule has 0 aliphatic heterocycles. The molecule has 0 rings (SSSR count). The van der Waals surface area contributed by atoms with Crippen molar-refractivity contribution in [2.24, 2.45) is 0 Å². The van der Waals surface area contributed by atoms with Gasteiger partial charge in [0.2, 0.25) is 0 Å². The Kier molecular flexibility index (Phi) is 2460. The van der Waals surface area contributed by atoms with Crippen molar-refractivity contribution in [1.82, 2.24) is 0 Å². The van der Waals surface area contributed by atoms with Crippen LogP contribution in [0, 0.1) is 0 Å². The summed E-state index contributed by atoms with van der Waals surface area (Å²) >= 11 is 0. The molecule has 0 aromatic rings. The molecule has 0 bridgehead atoms. The van der Waals surface area contributed by atoms with E-state index >= 15 is 0 Å². The first kappa shape index (κ1) is 83.1. The third-order valence-electron chi connectivity index (χ3n) is 0. The molecule has 17 radical (unpaired) electrons. The number of carbonyl (C=O) groups excluding carboxylic acids is 8. The molecule has 0 N–H and O–H groups in total. The Balaban J connectivity index is -0.00000000610. The van der Waals surface area contributed by atoms with E-state index in [0.717, 1.165) is 0 Å². The monoisotopic (exact) mass is 283 g/mol. The van der Waals surface area contributed by atoms with Crippen molar-refractivity contribution in [2.75, 3.05) is 0 Å². The van der Waals surface area contributed by atoms with E-state index in [4.69, 9.17) is 38.4 Å². The number of rotatable bonds is 0. The maximum atomic E-state index is 7.50. The summed E-state index contributed by atoms with van der Waals surface area (Å²) in [7, 11) is 0. The van der Waals surface area contributed by atoms with Gasteiger partial charge in [-0.15, -0.1) is 0 Å². The van der Waals surface area contributed by atoms with Crippen LogP contribution in [0.15, 0.2) is 0 Å². The summed E-state index contributed by atoms with van der Waals surface area (Å²) in [6.07, 6.45) is 0. The third kappa shape index (κ3) is 429. The number of hydrogen-bond donors (Lipinski definition) is 0. The van der Waals surface area contributed by atoms with Crippen molar-refractivity contribution >= 4 is 54.3 Å². The van der Waals surface area contributed by atoms with Crippen LogP contribution < -0.4 is 0 Å². The Bertz CT molecular complexity index is 45.5. The van der Waals surface area contributed by atoms with E-state index in [1.807, 2.05) is 0 Å². The molecule has 0 saturated carbocycles. The Morgan fingerprint density at radius 1 is 0.235 bits per heavy atom. The van der Waals surface area contributed by atoms with Crippen molar-refractivity contribution in [3.63, 3.8) is 0 Å². The average molecular weight is 283 g/mol. The van der Waals surface area contributed by atoms with Crippen molar-refractivity contribution in [3.8, 4) is 0 Å². The second-order valence-corrected chi connectivity index (χ2v) is 0. The van der Waals surface area contributed by atoms with E-state index < -0.39 is 0 Å². The zero-order valence-corrected chi connectivity index (χ0v) is 8.64. The molecule has 0 atom stereocenters. The van der Waals surface area contributed by atoms with Gasteiger partial charge in [0.15, 0.2) is 0 Å². The zero-order valence-electron chi connectivity index (χ0n) is 7.60. The molecule has 0 aliphatic rings. The Hall–Kier alpha value is -2.13. The molecule has 8 nitrogen and oxygen atoms in total. The van der Waals surface area contributed by atoms with Crippen molar-refractivity contribution < 1.29 is 55.1 Å². The summed E-state index contributed by atoms with van der Waals surface area (Å²) in [5.74, 6) is 0. The molecule has 9 heteroatoms. The first-order valence-corrected chi connectivity index (χ1v) is 1.63. The van der Waals surface area contributed by atoms with Crippen LogP contribution in [0.1, 0.15) is 0 Å². The summed E-state index contributed by atoms with van der Waals surface area (Å²) < 4.78 is 0. The van der Waals surface area contributed by atoms with E-state index in [2.05, 4.69) is 54.3 Å². The van der Waals surface area contributed by atoms with Crippen LogP contribution in [0.2, 0.25) is 0 Å². The summed E-state index contributed by atoms with van der Waals surface area (Å²) in [6.45, 7) is 36.0. The largest absolute Gasteiger partial charge is 0.281 e. The minimum atomic E-state index is 0. The van der Waals surface area contributed by atoms with Crippen LogP contribution in [-0.4, -0.2) is 54.3 Å². The van der Waals surface area contributed by atoms with Gasteiger partial charge in [-0.1, -0.05) is 0 Å². The second kappa shape index (κ2) is 504. The van der Waals surface area contributed by atoms with Gasteiger partial charge in [-0.25, -0.2) is 0 Å². The summed E-state index contributed by atoms with van der Waals surface area (Å²) in [6, 6.07) is 0. The van der Waals surface area contributed by atoms with Gasteiger partial charge in [-0.3, -0.25) is 38.4 Å². The summed E-state index contributed by atoms with van der Waals surface area (Å²) in [4.78, 5) is 60.0. The molecule has 0 heterocycles. The minimum absolute atomic E-state index is 0. The predicted octanol–water partition coefficient (Wildman–Crippen LogP) is -3.18. The van der Waals surface area contributed by atoms with Gasteiger partial charge < -0.3 is 0 Å². The van der Waals surface area contributed by atoms with Crippen LogP contribution in [0.3, 0.4) is 0 Å². The average Bonchev–Trinajstić information content (AvgIpc) is 2.54. The Morgan fingerprint density at radius 2 is 0.235 bits per heavy atom. The molecule has 0 aromatic carbocycles. The quantitative estimate of drug-likeness (QED) is 0.453. The topological polar surface area (TPSA) is 137 Å². The fraction of sp³-hybridized carbons (Fsp3) is 0. The minimum Gasteiger partial charge on any atom is -0.281 e. The van der Waals surface area contributed by atoms with Gasteiger partial charge in [-0.05, 0) is 0 Å². The van der Waals surface area contributed by atoms with Gasteiger partial charge in [-0.2, -0.15) is 0 Å².